The fraction of sp³-hybridized carbons (Fsp3) is 0.118. The molecule has 0 spiro atoms. The van der Waals surface area contributed by atoms with E-state index in [-0.39, 0.29) is 11.5 Å². The number of nitrogens with one attached hydrogen (secondary N) is 1. The summed E-state index contributed by atoms with van der Waals surface area (Å²) in [6.45, 7) is 2.06. The Hall–Kier alpha value is -2.93. The molecule has 6 nitrogen and oxygen atoms in total. The predicted octanol–water partition coefficient (Wildman–Crippen LogP) is 3.32. The SMILES string of the molecule is CCc1ccc(C(=O)Nc2nc(-c3cc(C(N)=O)co3)cs2)cc1. The number of aryl methyl sites for hydroxylation is 1. The zero-order valence-electron chi connectivity index (χ0n) is 12.9. The van der Waals surface area contributed by atoms with Crippen LogP contribution in [0, 0.1) is 0 Å². The number of aromatic nitrogens is 1. The normalized spacial score (nSPS) is 10.5. The van der Waals surface area contributed by atoms with Crippen molar-refractivity contribution in [3.05, 3.63) is 58.7 Å². The van der Waals surface area contributed by atoms with Crippen LogP contribution in [0.5, 0.6) is 0 Å². The first kappa shape index (κ1) is 15.9. The summed E-state index contributed by atoms with van der Waals surface area (Å²) in [6.07, 6.45) is 2.21. The van der Waals surface area contributed by atoms with Crippen LogP contribution in [0.15, 0.2) is 46.4 Å². The third kappa shape index (κ3) is 3.36. The topological polar surface area (TPSA) is 98.2 Å². The minimum atomic E-state index is -0.565. The average molecular weight is 341 g/mol. The van der Waals surface area contributed by atoms with Crippen molar-refractivity contribution in [1.82, 2.24) is 4.98 Å². The largest absolute Gasteiger partial charge is 0.462 e. The summed E-state index contributed by atoms with van der Waals surface area (Å²) in [5, 5.41) is 4.94. The number of primary amides is 1. The second kappa shape index (κ2) is 6.67. The number of hydrogen-bond acceptors (Lipinski definition) is 5. The zero-order chi connectivity index (χ0) is 17.1. The second-order valence-electron chi connectivity index (χ2n) is 5.11. The number of benzene rings is 1. The molecule has 0 saturated carbocycles. The zero-order valence-corrected chi connectivity index (χ0v) is 13.7. The first-order chi connectivity index (χ1) is 11.6. The van der Waals surface area contributed by atoms with Gasteiger partial charge in [0.2, 0.25) is 0 Å². The van der Waals surface area contributed by atoms with Crippen molar-refractivity contribution < 1.29 is 14.0 Å². The first-order valence-corrected chi connectivity index (χ1v) is 8.19. The van der Waals surface area contributed by atoms with Crippen LogP contribution in [0.4, 0.5) is 5.13 Å². The van der Waals surface area contributed by atoms with E-state index >= 15 is 0 Å². The minimum absolute atomic E-state index is 0.226. The fourth-order valence-corrected chi connectivity index (χ4v) is 2.80. The lowest BCUT2D eigenvalue weighted by Crippen LogP contribution is -2.11. The second-order valence-corrected chi connectivity index (χ2v) is 5.96. The summed E-state index contributed by atoms with van der Waals surface area (Å²) in [6, 6.07) is 8.95. The van der Waals surface area contributed by atoms with Crippen molar-refractivity contribution in [2.75, 3.05) is 5.32 Å². The molecule has 1 aromatic carbocycles. The lowest BCUT2D eigenvalue weighted by atomic mass is 10.1. The van der Waals surface area contributed by atoms with E-state index in [4.69, 9.17) is 10.2 Å². The van der Waals surface area contributed by atoms with Gasteiger partial charge in [-0.1, -0.05) is 19.1 Å². The number of amides is 2. The number of rotatable bonds is 5. The van der Waals surface area contributed by atoms with Gasteiger partial charge < -0.3 is 10.2 Å². The van der Waals surface area contributed by atoms with Gasteiger partial charge in [0.1, 0.15) is 12.0 Å². The summed E-state index contributed by atoms with van der Waals surface area (Å²) < 4.78 is 5.27. The molecule has 2 aromatic heterocycles. The Morgan fingerprint density at radius 2 is 2.00 bits per heavy atom. The number of carbonyl (C=O) groups is 2. The lowest BCUT2D eigenvalue weighted by Gasteiger charge is -2.02. The molecular formula is C17H15N3O3S. The van der Waals surface area contributed by atoms with Gasteiger partial charge in [-0.25, -0.2) is 4.98 Å². The van der Waals surface area contributed by atoms with Crippen LogP contribution >= 0.6 is 11.3 Å². The predicted molar refractivity (Wildman–Crippen MR) is 92.1 cm³/mol. The standard InChI is InChI=1S/C17H15N3O3S/c1-2-10-3-5-11(6-4-10)16(22)20-17-19-13(9-24-17)14-7-12(8-23-14)15(18)21/h3-9H,2H2,1H3,(H2,18,21)(H,19,20,22). The number of hydrogen-bond donors (Lipinski definition) is 2. The van der Waals surface area contributed by atoms with Gasteiger partial charge in [0, 0.05) is 10.9 Å². The maximum atomic E-state index is 12.2. The van der Waals surface area contributed by atoms with Gasteiger partial charge in [0.25, 0.3) is 11.8 Å². The highest BCUT2D eigenvalue weighted by molar-refractivity contribution is 7.14. The van der Waals surface area contributed by atoms with Crippen molar-refractivity contribution in [3.63, 3.8) is 0 Å². The molecule has 0 fully saturated rings. The number of nitrogens with zero attached hydrogens (tertiary/aromatic N) is 1. The van der Waals surface area contributed by atoms with Crippen molar-refractivity contribution in [2.24, 2.45) is 5.73 Å². The van der Waals surface area contributed by atoms with Crippen LogP contribution in [0.3, 0.4) is 0 Å². The molecule has 0 saturated heterocycles. The molecule has 2 amide bonds. The maximum absolute atomic E-state index is 12.2. The summed E-state index contributed by atoms with van der Waals surface area (Å²) in [4.78, 5) is 27.6. The fourth-order valence-electron chi connectivity index (χ4n) is 2.11. The molecule has 7 heteroatoms. The highest BCUT2D eigenvalue weighted by Gasteiger charge is 2.13. The van der Waals surface area contributed by atoms with Crippen LogP contribution in [0.2, 0.25) is 0 Å². The van der Waals surface area contributed by atoms with E-state index in [1.165, 1.54) is 29.2 Å². The monoisotopic (exact) mass is 341 g/mol. The van der Waals surface area contributed by atoms with Gasteiger partial charge in [0.15, 0.2) is 10.9 Å². The Morgan fingerprint density at radius 3 is 2.62 bits per heavy atom. The molecule has 0 aliphatic heterocycles. The van der Waals surface area contributed by atoms with Crippen LogP contribution in [0.1, 0.15) is 33.2 Å². The Balaban J connectivity index is 1.72. The van der Waals surface area contributed by atoms with E-state index in [2.05, 4.69) is 17.2 Å². The number of nitrogens with two attached hydrogens (primary N) is 1. The molecular weight excluding hydrogens is 326 g/mol. The molecule has 0 atom stereocenters. The number of thiazole rings is 1. The van der Waals surface area contributed by atoms with Crippen LogP contribution < -0.4 is 11.1 Å². The molecule has 0 aliphatic rings. The van der Waals surface area contributed by atoms with Crippen LogP contribution in [0.25, 0.3) is 11.5 Å². The third-order valence-electron chi connectivity index (χ3n) is 3.49. The molecule has 2 heterocycles. The number of furan rings is 1. The van der Waals surface area contributed by atoms with Crippen LogP contribution in [-0.2, 0) is 6.42 Å². The Morgan fingerprint density at radius 1 is 1.25 bits per heavy atom. The van der Waals surface area contributed by atoms with Gasteiger partial charge >= 0.3 is 0 Å². The Bertz CT molecular complexity index is 881. The maximum Gasteiger partial charge on any atom is 0.257 e. The van der Waals surface area contributed by atoms with E-state index < -0.39 is 5.91 Å². The van der Waals surface area contributed by atoms with Crippen LogP contribution in [-0.4, -0.2) is 16.8 Å². The molecule has 3 N–H and O–H groups in total. The van der Waals surface area contributed by atoms with Gasteiger partial charge in [0.05, 0.1) is 5.56 Å². The molecule has 0 aliphatic carbocycles. The van der Waals surface area contributed by atoms with Crippen molar-refractivity contribution in [1.29, 1.82) is 0 Å². The smallest absolute Gasteiger partial charge is 0.257 e. The highest BCUT2D eigenvalue weighted by Crippen LogP contribution is 2.26. The summed E-state index contributed by atoms with van der Waals surface area (Å²) in [5.74, 6) is -0.368. The molecule has 0 bridgehead atoms. The number of anilines is 1. The van der Waals surface area contributed by atoms with Crippen molar-refractivity contribution in [3.8, 4) is 11.5 Å². The highest BCUT2D eigenvalue weighted by atomic mass is 32.1. The number of carbonyl (C=O) groups excluding carboxylic acids is 2. The van der Waals surface area contributed by atoms with E-state index in [0.717, 1.165) is 6.42 Å². The van der Waals surface area contributed by atoms with Gasteiger partial charge in [-0.05, 0) is 30.2 Å². The van der Waals surface area contributed by atoms with Crippen molar-refractivity contribution in [2.45, 2.75) is 13.3 Å². The molecule has 0 unspecified atom stereocenters. The quantitative estimate of drug-likeness (QED) is 0.744. The molecule has 122 valence electrons. The third-order valence-corrected chi connectivity index (χ3v) is 4.24. The molecule has 24 heavy (non-hydrogen) atoms. The van der Waals surface area contributed by atoms with E-state index in [0.29, 0.717) is 22.1 Å². The van der Waals surface area contributed by atoms with Gasteiger partial charge in [-0.3, -0.25) is 14.9 Å². The van der Waals surface area contributed by atoms with E-state index in [9.17, 15) is 9.59 Å². The average Bonchev–Trinajstić information content (AvgIpc) is 3.24. The summed E-state index contributed by atoms with van der Waals surface area (Å²) in [7, 11) is 0. The van der Waals surface area contributed by atoms with E-state index in [1.54, 1.807) is 17.5 Å². The van der Waals surface area contributed by atoms with Gasteiger partial charge in [-0.2, -0.15) is 0 Å². The molecule has 3 rings (SSSR count). The molecule has 0 radical (unpaired) electrons. The Labute approximate surface area is 142 Å². The summed E-state index contributed by atoms with van der Waals surface area (Å²) >= 11 is 1.27. The minimum Gasteiger partial charge on any atom is -0.462 e. The molecule has 3 aromatic rings. The summed E-state index contributed by atoms with van der Waals surface area (Å²) in [5.41, 5.74) is 7.74. The Kier molecular flexibility index (Phi) is 4.43. The van der Waals surface area contributed by atoms with Crippen molar-refractivity contribution >= 4 is 28.3 Å². The lowest BCUT2D eigenvalue weighted by molar-refractivity contribution is 0.0997. The first-order valence-electron chi connectivity index (χ1n) is 7.31. The van der Waals surface area contributed by atoms with E-state index in [1.807, 2.05) is 12.1 Å². The van der Waals surface area contributed by atoms with Gasteiger partial charge in [-0.15, -0.1) is 11.3 Å².